The summed E-state index contributed by atoms with van der Waals surface area (Å²) in [6.45, 7) is 5.79. The molecule has 0 aliphatic carbocycles. The lowest BCUT2D eigenvalue weighted by atomic mass is 10.1. The van der Waals surface area contributed by atoms with Gasteiger partial charge in [-0.2, -0.15) is 0 Å². The van der Waals surface area contributed by atoms with E-state index in [1.54, 1.807) is 7.11 Å². The van der Waals surface area contributed by atoms with E-state index >= 15 is 0 Å². The van der Waals surface area contributed by atoms with Gasteiger partial charge in [-0.3, -0.25) is 9.69 Å². The number of aromatic amines is 1. The molecule has 0 saturated carbocycles. The molecule has 5 rings (SSSR count). The smallest absolute Gasteiger partial charge is 0.252 e. The molecule has 0 aliphatic heterocycles. The van der Waals surface area contributed by atoms with Gasteiger partial charge >= 0.3 is 0 Å². The summed E-state index contributed by atoms with van der Waals surface area (Å²) >= 11 is 0. The second kappa shape index (κ2) is 11.4. The molecule has 0 amide bonds. The number of benzene rings is 3. The van der Waals surface area contributed by atoms with Crippen LogP contribution < -0.4 is 10.3 Å². The summed E-state index contributed by atoms with van der Waals surface area (Å²) in [6, 6.07) is 26.2. The minimum atomic E-state index is -0.107. The van der Waals surface area contributed by atoms with E-state index < -0.39 is 0 Å². The van der Waals surface area contributed by atoms with E-state index in [9.17, 15) is 4.79 Å². The van der Waals surface area contributed by atoms with Crippen LogP contribution in [0.1, 0.15) is 47.5 Å². The van der Waals surface area contributed by atoms with Gasteiger partial charge in [0.1, 0.15) is 5.75 Å². The molecule has 1 atom stereocenters. The van der Waals surface area contributed by atoms with Crippen LogP contribution in [0.5, 0.6) is 5.75 Å². The average molecular weight is 509 g/mol. The monoisotopic (exact) mass is 508 g/mol. The van der Waals surface area contributed by atoms with E-state index in [0.717, 1.165) is 45.6 Å². The van der Waals surface area contributed by atoms with Gasteiger partial charge in [0.15, 0.2) is 5.82 Å². The van der Waals surface area contributed by atoms with Crippen LogP contribution in [0.4, 0.5) is 0 Å². The number of tetrazole rings is 1. The Morgan fingerprint density at radius 3 is 2.50 bits per heavy atom. The highest BCUT2D eigenvalue weighted by Crippen LogP contribution is 2.27. The van der Waals surface area contributed by atoms with Crippen molar-refractivity contribution in [2.24, 2.45) is 0 Å². The molecule has 2 aromatic heterocycles. The first-order valence-corrected chi connectivity index (χ1v) is 12.8. The van der Waals surface area contributed by atoms with Crippen LogP contribution in [-0.4, -0.2) is 37.2 Å². The third kappa shape index (κ3) is 5.65. The lowest BCUT2D eigenvalue weighted by molar-refractivity contribution is 0.161. The van der Waals surface area contributed by atoms with Crippen molar-refractivity contribution in [1.82, 2.24) is 30.1 Å². The fourth-order valence-corrected chi connectivity index (χ4v) is 4.86. The number of aryl methyl sites for hydroxylation is 1. The highest BCUT2D eigenvalue weighted by molar-refractivity contribution is 5.79. The number of ether oxygens (including phenoxy) is 1. The number of methoxy groups -OCH3 is 1. The van der Waals surface area contributed by atoms with Crippen molar-refractivity contribution in [1.29, 1.82) is 0 Å². The summed E-state index contributed by atoms with van der Waals surface area (Å²) in [5, 5.41) is 13.8. The van der Waals surface area contributed by atoms with Crippen LogP contribution in [0.3, 0.4) is 0 Å². The van der Waals surface area contributed by atoms with E-state index in [2.05, 4.69) is 68.7 Å². The predicted molar refractivity (Wildman–Crippen MR) is 148 cm³/mol. The van der Waals surface area contributed by atoms with Crippen LogP contribution in [-0.2, 0) is 19.6 Å². The molecule has 0 fully saturated rings. The molecule has 5 aromatic rings. The average Bonchev–Trinajstić information content (AvgIpc) is 3.38. The molecular formula is C30H32N6O2. The Morgan fingerprint density at radius 2 is 1.76 bits per heavy atom. The van der Waals surface area contributed by atoms with Crippen molar-refractivity contribution in [2.45, 2.75) is 45.9 Å². The van der Waals surface area contributed by atoms with Crippen molar-refractivity contribution in [3.8, 4) is 5.75 Å². The Bertz CT molecular complexity index is 1560. The number of hydrogen-bond donors (Lipinski definition) is 1. The molecule has 8 heteroatoms. The first-order valence-electron chi connectivity index (χ1n) is 12.8. The van der Waals surface area contributed by atoms with Crippen LogP contribution in [0.25, 0.3) is 10.9 Å². The standard InChI is InChI=1S/C30H32N6O2/c1-4-28(29-32-33-34-36(29)19-22-8-6-5-7-9-22)35(18-23-11-14-26(38-3)15-12-23)20-25-17-24-13-10-21(2)16-27(24)31-30(25)37/h5-17,28H,4,18-20H2,1-3H3,(H,31,37)/t28-/m0/s1. The maximum Gasteiger partial charge on any atom is 0.252 e. The van der Waals surface area contributed by atoms with Gasteiger partial charge in [-0.1, -0.05) is 61.5 Å². The summed E-state index contributed by atoms with van der Waals surface area (Å²) < 4.78 is 7.20. The zero-order valence-electron chi connectivity index (χ0n) is 22.0. The van der Waals surface area contributed by atoms with Crippen molar-refractivity contribution < 1.29 is 4.74 Å². The third-order valence-corrected chi connectivity index (χ3v) is 6.86. The molecule has 2 heterocycles. The summed E-state index contributed by atoms with van der Waals surface area (Å²) in [5.74, 6) is 1.58. The van der Waals surface area contributed by atoms with Gasteiger partial charge in [0.25, 0.3) is 5.56 Å². The predicted octanol–water partition coefficient (Wildman–Crippen LogP) is 5.03. The second-order valence-electron chi connectivity index (χ2n) is 9.57. The van der Waals surface area contributed by atoms with E-state index in [0.29, 0.717) is 25.2 Å². The molecular weight excluding hydrogens is 476 g/mol. The van der Waals surface area contributed by atoms with Gasteiger partial charge in [0.2, 0.25) is 0 Å². The van der Waals surface area contributed by atoms with E-state index in [1.807, 2.05) is 54.1 Å². The van der Waals surface area contributed by atoms with Gasteiger partial charge in [-0.15, -0.1) is 5.10 Å². The highest BCUT2D eigenvalue weighted by Gasteiger charge is 2.26. The summed E-state index contributed by atoms with van der Waals surface area (Å²) in [4.78, 5) is 18.5. The van der Waals surface area contributed by atoms with Crippen LogP contribution in [0.2, 0.25) is 0 Å². The SMILES string of the molecule is CC[C@@H](c1nnnn1Cc1ccccc1)N(Cc1ccc(OC)cc1)Cc1cc2ccc(C)cc2[nH]c1=O. The van der Waals surface area contributed by atoms with E-state index in [4.69, 9.17) is 4.74 Å². The molecule has 1 N–H and O–H groups in total. The number of aromatic nitrogens is 5. The van der Waals surface area contributed by atoms with Crippen molar-refractivity contribution in [3.63, 3.8) is 0 Å². The molecule has 0 bridgehead atoms. The number of nitrogens with one attached hydrogen (secondary N) is 1. The fourth-order valence-electron chi connectivity index (χ4n) is 4.86. The Kier molecular flexibility index (Phi) is 7.60. The van der Waals surface area contributed by atoms with Gasteiger partial charge in [0.05, 0.1) is 19.7 Å². The number of rotatable bonds is 10. The Balaban J connectivity index is 1.51. The molecule has 0 saturated heterocycles. The molecule has 3 aromatic carbocycles. The fraction of sp³-hybridized carbons (Fsp3) is 0.267. The Hall–Kier alpha value is -4.30. The topological polar surface area (TPSA) is 88.9 Å². The van der Waals surface area contributed by atoms with E-state index in [-0.39, 0.29) is 11.6 Å². The lowest BCUT2D eigenvalue weighted by Gasteiger charge is -2.30. The second-order valence-corrected chi connectivity index (χ2v) is 9.57. The summed E-state index contributed by atoms with van der Waals surface area (Å²) in [5.41, 5.74) is 4.81. The number of pyridine rings is 1. The lowest BCUT2D eigenvalue weighted by Crippen LogP contribution is -2.32. The molecule has 0 radical (unpaired) electrons. The Morgan fingerprint density at radius 1 is 0.974 bits per heavy atom. The molecule has 38 heavy (non-hydrogen) atoms. The van der Waals surface area contributed by atoms with E-state index in [1.165, 1.54) is 0 Å². The minimum absolute atomic E-state index is 0.0819. The molecule has 0 spiro atoms. The van der Waals surface area contributed by atoms with Crippen LogP contribution >= 0.6 is 0 Å². The van der Waals surface area contributed by atoms with Crippen molar-refractivity contribution >= 4 is 10.9 Å². The summed E-state index contributed by atoms with van der Waals surface area (Å²) in [7, 11) is 1.66. The highest BCUT2D eigenvalue weighted by atomic mass is 16.5. The quantitative estimate of drug-likeness (QED) is 0.285. The maximum atomic E-state index is 13.2. The zero-order valence-corrected chi connectivity index (χ0v) is 22.0. The summed E-state index contributed by atoms with van der Waals surface area (Å²) in [6.07, 6.45) is 0.774. The largest absolute Gasteiger partial charge is 0.497 e. The minimum Gasteiger partial charge on any atom is -0.497 e. The first-order chi connectivity index (χ1) is 18.5. The normalized spacial score (nSPS) is 12.2. The van der Waals surface area contributed by atoms with Crippen LogP contribution in [0, 0.1) is 6.92 Å². The third-order valence-electron chi connectivity index (χ3n) is 6.86. The molecule has 0 aliphatic rings. The first kappa shape index (κ1) is 25.4. The maximum absolute atomic E-state index is 13.2. The molecule has 0 unspecified atom stereocenters. The zero-order chi connectivity index (χ0) is 26.5. The molecule has 194 valence electrons. The van der Waals surface area contributed by atoms with Gasteiger partial charge in [-0.25, -0.2) is 4.68 Å². The molecule has 8 nitrogen and oxygen atoms in total. The van der Waals surface area contributed by atoms with Crippen LogP contribution in [0.15, 0.2) is 83.7 Å². The van der Waals surface area contributed by atoms with Gasteiger partial charge in [0, 0.05) is 24.2 Å². The van der Waals surface area contributed by atoms with Crippen molar-refractivity contribution in [2.75, 3.05) is 7.11 Å². The number of H-pyrrole nitrogens is 1. The number of nitrogens with zero attached hydrogens (tertiary/aromatic N) is 5. The van der Waals surface area contributed by atoms with Gasteiger partial charge < -0.3 is 9.72 Å². The number of hydrogen-bond acceptors (Lipinski definition) is 6. The Labute approximate surface area is 221 Å². The van der Waals surface area contributed by atoms with Gasteiger partial charge in [-0.05, 0) is 70.1 Å². The van der Waals surface area contributed by atoms with Crippen molar-refractivity contribution in [3.05, 3.63) is 117 Å². The number of fused-ring (bicyclic) bond motifs is 1.